The number of allylic oxidation sites excluding steroid dienone is 1. The molecule has 5 heteroatoms. The molecule has 45 heavy (non-hydrogen) atoms. The lowest BCUT2D eigenvalue weighted by molar-refractivity contribution is 1.12. The molecule has 2 heterocycles. The summed E-state index contributed by atoms with van der Waals surface area (Å²) in [5.41, 5.74) is 7.10. The number of nitriles is 1. The summed E-state index contributed by atoms with van der Waals surface area (Å²) >= 11 is 0. The summed E-state index contributed by atoms with van der Waals surface area (Å²) in [4.78, 5) is 20.3. The lowest BCUT2D eigenvalue weighted by Gasteiger charge is -2.14. The molecule has 0 spiro atoms. The molecule has 0 aliphatic carbocycles. The van der Waals surface area contributed by atoms with Crippen LogP contribution >= 0.6 is 0 Å². The van der Waals surface area contributed by atoms with E-state index in [4.69, 9.17) is 19.9 Å². The third kappa shape index (κ3) is 5.37. The normalized spacial score (nSPS) is 11.2. The van der Waals surface area contributed by atoms with Gasteiger partial charge in [-0.2, -0.15) is 5.26 Å². The molecule has 0 saturated heterocycles. The first-order valence-electron chi connectivity index (χ1n) is 14.7. The van der Waals surface area contributed by atoms with Gasteiger partial charge in [-0.3, -0.25) is 0 Å². The number of benzene rings is 5. The van der Waals surface area contributed by atoms with Crippen LogP contribution in [0.4, 0.5) is 0 Å². The molecule has 0 saturated carbocycles. The van der Waals surface area contributed by atoms with E-state index < -0.39 is 0 Å². The van der Waals surface area contributed by atoms with E-state index in [1.165, 1.54) is 0 Å². The van der Waals surface area contributed by atoms with Crippen LogP contribution in [-0.4, -0.2) is 19.9 Å². The molecule has 0 aliphatic rings. The SMILES string of the molecule is C=Cc1nc(-c2cc(-c3ccc4ccccc4c3)nc(-c3ccc4ccccc4c3)n2)c(-c2cccc(C#N)c2)nc1/C=C\C. The van der Waals surface area contributed by atoms with Gasteiger partial charge in [0.1, 0.15) is 5.69 Å². The first kappa shape index (κ1) is 27.6. The van der Waals surface area contributed by atoms with Gasteiger partial charge in [-0.25, -0.2) is 19.9 Å². The lowest BCUT2D eigenvalue weighted by atomic mass is 10.0. The summed E-state index contributed by atoms with van der Waals surface area (Å²) in [6.07, 6.45) is 5.54. The zero-order chi connectivity index (χ0) is 30.8. The van der Waals surface area contributed by atoms with Crippen molar-refractivity contribution in [3.63, 3.8) is 0 Å². The monoisotopic (exact) mass is 577 g/mol. The van der Waals surface area contributed by atoms with E-state index in [0.717, 1.165) is 43.9 Å². The minimum Gasteiger partial charge on any atom is -0.244 e. The Bertz CT molecular complexity index is 2230. The molecule has 7 aromatic rings. The Hall–Kier alpha value is -6.25. The Morgan fingerprint density at radius 3 is 1.91 bits per heavy atom. The van der Waals surface area contributed by atoms with Crippen molar-refractivity contribution in [3.8, 4) is 51.4 Å². The van der Waals surface area contributed by atoms with Crippen molar-refractivity contribution in [2.75, 3.05) is 0 Å². The quantitative estimate of drug-likeness (QED) is 0.197. The molecule has 0 fully saturated rings. The van der Waals surface area contributed by atoms with Crippen LogP contribution in [0.1, 0.15) is 23.9 Å². The smallest absolute Gasteiger partial charge is 0.160 e. The molecule has 212 valence electrons. The lowest BCUT2D eigenvalue weighted by Crippen LogP contribution is -2.03. The summed E-state index contributed by atoms with van der Waals surface area (Å²) in [6, 6.07) is 40.8. The molecule has 5 aromatic carbocycles. The topological polar surface area (TPSA) is 75.3 Å². The minimum absolute atomic E-state index is 0.539. The van der Waals surface area contributed by atoms with Gasteiger partial charge in [-0.1, -0.05) is 97.6 Å². The zero-order valence-corrected chi connectivity index (χ0v) is 24.6. The standard InChI is InChI=1S/C40H27N5/c1-3-10-35-34(4-2)42-39(38(43-35)32-16-9-11-26(21-32)25-41)37-24-36(31-19-17-27-12-5-7-14-29(27)22-31)44-40(45-37)33-20-18-28-13-6-8-15-30(28)23-33/h3-24H,2H2,1H3/b10-3-. The molecular formula is C40H27N5. The van der Waals surface area contributed by atoms with Crippen LogP contribution in [0.2, 0.25) is 0 Å². The fraction of sp³-hybridized carbons (Fsp3) is 0.0250. The van der Waals surface area contributed by atoms with Gasteiger partial charge >= 0.3 is 0 Å². The van der Waals surface area contributed by atoms with Gasteiger partial charge in [0.15, 0.2) is 5.82 Å². The first-order valence-corrected chi connectivity index (χ1v) is 14.7. The van der Waals surface area contributed by atoms with Crippen LogP contribution in [0.3, 0.4) is 0 Å². The number of hydrogen-bond donors (Lipinski definition) is 0. The third-order valence-electron chi connectivity index (χ3n) is 7.76. The molecule has 0 unspecified atom stereocenters. The van der Waals surface area contributed by atoms with Gasteiger partial charge in [0.2, 0.25) is 0 Å². The van der Waals surface area contributed by atoms with E-state index in [-0.39, 0.29) is 0 Å². The Morgan fingerprint density at radius 2 is 1.22 bits per heavy atom. The molecule has 2 aromatic heterocycles. The number of fused-ring (bicyclic) bond motifs is 2. The van der Waals surface area contributed by atoms with E-state index in [1.54, 1.807) is 12.1 Å². The highest BCUT2D eigenvalue weighted by atomic mass is 14.9. The van der Waals surface area contributed by atoms with Crippen molar-refractivity contribution in [3.05, 3.63) is 145 Å². The fourth-order valence-corrected chi connectivity index (χ4v) is 5.53. The fourth-order valence-electron chi connectivity index (χ4n) is 5.53. The van der Waals surface area contributed by atoms with Gasteiger partial charge in [-0.15, -0.1) is 0 Å². The van der Waals surface area contributed by atoms with E-state index in [2.05, 4.69) is 73.3 Å². The average molecular weight is 578 g/mol. The van der Waals surface area contributed by atoms with Crippen LogP contribution in [0.15, 0.2) is 128 Å². The number of nitrogens with zero attached hydrogens (tertiary/aromatic N) is 5. The van der Waals surface area contributed by atoms with Gasteiger partial charge in [0, 0.05) is 16.7 Å². The van der Waals surface area contributed by atoms with Gasteiger partial charge in [0.05, 0.1) is 40.1 Å². The predicted octanol–water partition coefficient (Wildman–Crippen LogP) is 9.79. The zero-order valence-electron chi connectivity index (χ0n) is 24.6. The van der Waals surface area contributed by atoms with E-state index in [9.17, 15) is 5.26 Å². The Labute approximate surface area is 261 Å². The van der Waals surface area contributed by atoms with Crippen molar-refractivity contribution < 1.29 is 0 Å². The van der Waals surface area contributed by atoms with Crippen molar-refractivity contribution in [2.45, 2.75) is 6.92 Å². The van der Waals surface area contributed by atoms with Gasteiger partial charge < -0.3 is 0 Å². The number of rotatable bonds is 6. The molecule has 0 radical (unpaired) electrons. The van der Waals surface area contributed by atoms with Crippen LogP contribution < -0.4 is 0 Å². The molecule has 7 rings (SSSR count). The molecular weight excluding hydrogens is 550 g/mol. The summed E-state index contributed by atoms with van der Waals surface area (Å²) in [5.74, 6) is 0.581. The molecule has 0 amide bonds. The van der Waals surface area contributed by atoms with Crippen molar-refractivity contribution >= 4 is 33.7 Å². The molecule has 0 atom stereocenters. The second-order valence-corrected chi connectivity index (χ2v) is 10.7. The Morgan fingerprint density at radius 1 is 0.578 bits per heavy atom. The van der Waals surface area contributed by atoms with Crippen molar-refractivity contribution in [2.24, 2.45) is 0 Å². The van der Waals surface area contributed by atoms with Crippen LogP contribution in [-0.2, 0) is 0 Å². The highest BCUT2D eigenvalue weighted by molar-refractivity contribution is 5.89. The maximum Gasteiger partial charge on any atom is 0.160 e. The van der Waals surface area contributed by atoms with Gasteiger partial charge in [0.25, 0.3) is 0 Å². The van der Waals surface area contributed by atoms with E-state index in [0.29, 0.717) is 39.9 Å². The number of aromatic nitrogens is 4. The maximum atomic E-state index is 9.66. The largest absolute Gasteiger partial charge is 0.244 e. The highest BCUT2D eigenvalue weighted by Crippen LogP contribution is 2.35. The minimum atomic E-state index is 0.539. The molecule has 0 N–H and O–H groups in total. The van der Waals surface area contributed by atoms with Crippen LogP contribution in [0, 0.1) is 11.3 Å². The van der Waals surface area contributed by atoms with Crippen molar-refractivity contribution in [1.29, 1.82) is 5.26 Å². The molecule has 0 bridgehead atoms. The average Bonchev–Trinajstić information content (AvgIpc) is 3.11. The van der Waals surface area contributed by atoms with Crippen LogP contribution in [0.5, 0.6) is 0 Å². The third-order valence-corrected chi connectivity index (χ3v) is 7.76. The Balaban J connectivity index is 1.52. The van der Waals surface area contributed by atoms with Crippen LogP contribution in [0.25, 0.3) is 79.0 Å². The number of hydrogen-bond acceptors (Lipinski definition) is 5. The second kappa shape index (κ2) is 11.8. The second-order valence-electron chi connectivity index (χ2n) is 10.7. The summed E-state index contributed by atoms with van der Waals surface area (Å²) < 4.78 is 0. The maximum absolute atomic E-state index is 9.66. The Kier molecular flexibility index (Phi) is 7.23. The van der Waals surface area contributed by atoms with E-state index in [1.807, 2.05) is 67.6 Å². The first-order chi connectivity index (χ1) is 22.1. The summed E-state index contributed by atoms with van der Waals surface area (Å²) in [7, 11) is 0. The molecule has 5 nitrogen and oxygen atoms in total. The summed E-state index contributed by atoms with van der Waals surface area (Å²) in [5, 5.41) is 14.2. The van der Waals surface area contributed by atoms with Gasteiger partial charge in [-0.05, 0) is 71.0 Å². The van der Waals surface area contributed by atoms with E-state index >= 15 is 0 Å². The molecule has 0 aliphatic heterocycles. The summed E-state index contributed by atoms with van der Waals surface area (Å²) in [6.45, 7) is 5.95. The van der Waals surface area contributed by atoms with Crippen molar-refractivity contribution in [1.82, 2.24) is 19.9 Å². The highest BCUT2D eigenvalue weighted by Gasteiger charge is 2.19. The predicted molar refractivity (Wildman–Crippen MR) is 184 cm³/mol.